The molecule has 0 radical (unpaired) electrons. The fraction of sp³-hybridized carbons (Fsp3) is 0.278. The Hall–Kier alpha value is -2.31. The van der Waals surface area contributed by atoms with Gasteiger partial charge < -0.3 is 15.6 Å². The van der Waals surface area contributed by atoms with Crippen molar-refractivity contribution in [2.75, 3.05) is 11.1 Å². The molecule has 6 nitrogen and oxygen atoms in total. The summed E-state index contributed by atoms with van der Waals surface area (Å²) < 4.78 is 1.85. The van der Waals surface area contributed by atoms with Crippen molar-refractivity contribution in [3.05, 3.63) is 56.7 Å². The van der Waals surface area contributed by atoms with Gasteiger partial charge in [-0.2, -0.15) is 0 Å². The minimum Gasteiger partial charge on any atom is -0.383 e. The monoisotopic (exact) mass is 389 g/mol. The second-order valence-corrected chi connectivity index (χ2v) is 7.24. The lowest BCUT2D eigenvalue weighted by Crippen LogP contribution is -2.26. The van der Waals surface area contributed by atoms with Crippen LogP contribution in [0.4, 0.5) is 11.6 Å². The number of anilines is 2. The molecule has 1 atom stereocenters. The summed E-state index contributed by atoms with van der Waals surface area (Å²) in [4.78, 5) is 21.1. The molecule has 26 heavy (non-hydrogen) atoms. The lowest BCUT2D eigenvalue weighted by molar-refractivity contribution is 0.636. The minimum atomic E-state index is -0.183. The Morgan fingerprint density at radius 3 is 2.73 bits per heavy atom. The van der Waals surface area contributed by atoms with Gasteiger partial charge in [0.2, 0.25) is 5.28 Å². The minimum absolute atomic E-state index is 0.0560. The summed E-state index contributed by atoms with van der Waals surface area (Å²) in [5.41, 5.74) is 6.55. The van der Waals surface area contributed by atoms with Gasteiger partial charge in [0.1, 0.15) is 11.6 Å². The van der Waals surface area contributed by atoms with Gasteiger partial charge in [0.05, 0.1) is 16.5 Å². The van der Waals surface area contributed by atoms with E-state index in [4.69, 9.17) is 28.9 Å². The summed E-state index contributed by atoms with van der Waals surface area (Å²) in [6, 6.07) is 9.13. The van der Waals surface area contributed by atoms with Crippen molar-refractivity contribution >= 4 is 45.6 Å². The number of aromatic nitrogens is 3. The second-order valence-electron chi connectivity index (χ2n) is 6.49. The van der Waals surface area contributed by atoms with Crippen LogP contribution in [0.25, 0.3) is 10.8 Å². The number of nitrogen functional groups attached to an aromatic ring is 1. The van der Waals surface area contributed by atoms with Gasteiger partial charge >= 0.3 is 0 Å². The maximum absolute atomic E-state index is 13.1. The Morgan fingerprint density at radius 1 is 1.27 bits per heavy atom. The average Bonchev–Trinajstić information content (AvgIpc) is 3.38. The Balaban J connectivity index is 1.82. The van der Waals surface area contributed by atoms with Gasteiger partial charge in [0.15, 0.2) is 0 Å². The molecule has 0 spiro atoms. The largest absolute Gasteiger partial charge is 0.383 e. The van der Waals surface area contributed by atoms with Gasteiger partial charge in [-0.1, -0.05) is 23.7 Å². The van der Waals surface area contributed by atoms with E-state index in [1.165, 1.54) is 0 Å². The number of hydrogen-bond donors (Lipinski definition) is 2. The van der Waals surface area contributed by atoms with Crippen molar-refractivity contribution in [3.8, 4) is 0 Å². The van der Waals surface area contributed by atoms with E-state index >= 15 is 0 Å². The van der Waals surface area contributed by atoms with E-state index in [9.17, 15) is 4.79 Å². The maximum Gasteiger partial charge on any atom is 0.260 e. The lowest BCUT2D eigenvalue weighted by atomic mass is 10.1. The molecule has 1 saturated carbocycles. The quantitative estimate of drug-likeness (QED) is 0.653. The van der Waals surface area contributed by atoms with Gasteiger partial charge in [-0.05, 0) is 48.9 Å². The molecule has 2 aromatic heterocycles. The first-order chi connectivity index (χ1) is 12.4. The molecule has 1 fully saturated rings. The molecule has 0 bridgehead atoms. The Bertz CT molecular complexity index is 1040. The number of pyridine rings is 1. The summed E-state index contributed by atoms with van der Waals surface area (Å²) in [7, 11) is 0. The Morgan fingerprint density at radius 2 is 2.04 bits per heavy atom. The van der Waals surface area contributed by atoms with Crippen LogP contribution in [0.5, 0.6) is 0 Å². The molecule has 3 aromatic rings. The summed E-state index contributed by atoms with van der Waals surface area (Å²) >= 11 is 12.2. The van der Waals surface area contributed by atoms with Crippen LogP contribution in [-0.4, -0.2) is 14.5 Å². The highest BCUT2D eigenvalue weighted by Crippen LogP contribution is 2.37. The maximum atomic E-state index is 13.1. The molecule has 8 heteroatoms. The molecule has 2 heterocycles. The highest BCUT2D eigenvalue weighted by molar-refractivity contribution is 6.35. The van der Waals surface area contributed by atoms with E-state index in [1.54, 1.807) is 12.1 Å². The number of benzene rings is 1. The van der Waals surface area contributed by atoms with Crippen molar-refractivity contribution in [1.82, 2.24) is 14.5 Å². The molecule has 1 aliphatic carbocycles. The molecule has 4 rings (SSSR count). The standard InChI is InChI=1S/C18H17Cl2N5O/c1-9(22-15-8-14(21)23-18(20)24-15)13-7-10-3-2-4-12(19)16(10)17(26)25(13)11-5-6-11/h2-4,7-9,11H,5-6H2,1H3,(H3,21,22,23,24). The third-order valence-electron chi connectivity index (χ3n) is 4.50. The third kappa shape index (κ3) is 3.10. The first-order valence-electron chi connectivity index (χ1n) is 8.34. The number of fused-ring (bicyclic) bond motifs is 1. The van der Waals surface area contributed by atoms with Crippen LogP contribution in [0.15, 0.2) is 35.1 Å². The molecule has 0 saturated heterocycles. The van der Waals surface area contributed by atoms with E-state index < -0.39 is 0 Å². The Labute approximate surface area is 160 Å². The van der Waals surface area contributed by atoms with E-state index in [-0.39, 0.29) is 28.7 Å². The van der Waals surface area contributed by atoms with E-state index in [0.29, 0.717) is 16.2 Å². The van der Waals surface area contributed by atoms with Crippen LogP contribution in [0.1, 0.15) is 37.5 Å². The number of hydrogen-bond acceptors (Lipinski definition) is 5. The van der Waals surface area contributed by atoms with Crippen LogP contribution in [0, 0.1) is 0 Å². The third-order valence-corrected chi connectivity index (χ3v) is 4.98. The molecule has 0 amide bonds. The van der Waals surface area contributed by atoms with E-state index in [2.05, 4.69) is 15.3 Å². The van der Waals surface area contributed by atoms with Crippen molar-refractivity contribution < 1.29 is 0 Å². The van der Waals surface area contributed by atoms with Crippen molar-refractivity contribution in [2.24, 2.45) is 0 Å². The average molecular weight is 390 g/mol. The number of nitrogens with zero attached hydrogens (tertiary/aromatic N) is 3. The summed E-state index contributed by atoms with van der Waals surface area (Å²) in [6.07, 6.45) is 1.98. The molecule has 1 unspecified atom stereocenters. The number of halogens is 2. The van der Waals surface area contributed by atoms with Gasteiger partial charge in [-0.15, -0.1) is 0 Å². The van der Waals surface area contributed by atoms with Crippen molar-refractivity contribution in [2.45, 2.75) is 31.8 Å². The second kappa shape index (κ2) is 6.45. The molecule has 0 aliphatic heterocycles. The topological polar surface area (TPSA) is 85.8 Å². The van der Waals surface area contributed by atoms with E-state index in [0.717, 1.165) is 23.9 Å². The van der Waals surface area contributed by atoms with Gasteiger partial charge in [-0.3, -0.25) is 4.79 Å². The lowest BCUT2D eigenvalue weighted by Gasteiger charge is -2.21. The van der Waals surface area contributed by atoms with Crippen LogP contribution in [0.2, 0.25) is 10.3 Å². The SMILES string of the molecule is CC(Nc1cc(N)nc(Cl)n1)c1cc2cccc(Cl)c2c(=O)n1C1CC1. The van der Waals surface area contributed by atoms with Crippen LogP contribution < -0.4 is 16.6 Å². The highest BCUT2D eigenvalue weighted by atomic mass is 35.5. The molecule has 1 aliphatic rings. The summed E-state index contributed by atoms with van der Waals surface area (Å²) in [5, 5.41) is 5.20. The zero-order valence-corrected chi connectivity index (χ0v) is 15.6. The molecule has 3 N–H and O–H groups in total. The zero-order chi connectivity index (χ0) is 18.4. The highest BCUT2D eigenvalue weighted by Gasteiger charge is 2.29. The van der Waals surface area contributed by atoms with Crippen LogP contribution in [0.3, 0.4) is 0 Å². The molecule has 1 aromatic carbocycles. The predicted octanol–water partition coefficient (Wildman–Crippen LogP) is 4.19. The van der Waals surface area contributed by atoms with Crippen LogP contribution in [-0.2, 0) is 0 Å². The molecular formula is C18H17Cl2N5O. The summed E-state index contributed by atoms with van der Waals surface area (Å²) in [5.74, 6) is 0.792. The van der Waals surface area contributed by atoms with Gasteiger partial charge in [-0.25, -0.2) is 9.97 Å². The zero-order valence-electron chi connectivity index (χ0n) is 14.0. The fourth-order valence-corrected chi connectivity index (χ4v) is 3.65. The first-order valence-corrected chi connectivity index (χ1v) is 9.10. The number of rotatable bonds is 4. The smallest absolute Gasteiger partial charge is 0.260 e. The van der Waals surface area contributed by atoms with Gasteiger partial charge in [0, 0.05) is 17.8 Å². The van der Waals surface area contributed by atoms with Crippen molar-refractivity contribution in [1.29, 1.82) is 0 Å². The number of nitrogens with one attached hydrogen (secondary N) is 1. The van der Waals surface area contributed by atoms with Gasteiger partial charge in [0.25, 0.3) is 5.56 Å². The number of nitrogens with two attached hydrogens (primary N) is 1. The molecular weight excluding hydrogens is 373 g/mol. The normalized spacial score (nSPS) is 15.2. The van der Waals surface area contributed by atoms with E-state index in [1.807, 2.05) is 29.7 Å². The van der Waals surface area contributed by atoms with Crippen molar-refractivity contribution in [3.63, 3.8) is 0 Å². The van der Waals surface area contributed by atoms with Crippen LogP contribution >= 0.6 is 23.2 Å². The fourth-order valence-electron chi connectivity index (χ4n) is 3.20. The summed E-state index contributed by atoms with van der Waals surface area (Å²) in [6.45, 7) is 1.97. The Kier molecular flexibility index (Phi) is 4.25. The predicted molar refractivity (Wildman–Crippen MR) is 105 cm³/mol. The molecule has 134 valence electrons. The first kappa shape index (κ1) is 17.1.